The van der Waals surface area contributed by atoms with Gasteiger partial charge in [0, 0.05) is 24.6 Å². The fourth-order valence-corrected chi connectivity index (χ4v) is 2.35. The normalized spacial score (nSPS) is 13.2. The van der Waals surface area contributed by atoms with Crippen LogP contribution in [0.4, 0.5) is 0 Å². The molecule has 1 atom stereocenters. The first-order valence-corrected chi connectivity index (χ1v) is 7.73. The molecule has 0 bridgehead atoms. The Morgan fingerprint density at radius 2 is 2.05 bits per heavy atom. The summed E-state index contributed by atoms with van der Waals surface area (Å²) in [6.45, 7) is 10.5. The molecule has 0 aliphatic carbocycles. The van der Waals surface area contributed by atoms with Gasteiger partial charge in [0.1, 0.15) is 5.69 Å². The monoisotopic (exact) mass is 309 g/mol. The number of rotatable bonds is 7. The lowest BCUT2D eigenvalue weighted by atomic mass is 9.80. The molecular weight excluding hydrogens is 282 g/mol. The molecule has 22 heavy (non-hydrogen) atoms. The van der Waals surface area contributed by atoms with Crippen molar-refractivity contribution in [2.24, 2.45) is 11.3 Å². The van der Waals surface area contributed by atoms with Crippen LogP contribution in [-0.2, 0) is 6.54 Å². The highest BCUT2D eigenvalue weighted by atomic mass is 16.3. The minimum absolute atomic E-state index is 0.108. The van der Waals surface area contributed by atoms with Crippen molar-refractivity contribution in [3.63, 3.8) is 0 Å². The molecule has 0 aliphatic rings. The Morgan fingerprint density at radius 1 is 1.41 bits per heavy atom. The average Bonchev–Trinajstić information content (AvgIpc) is 2.46. The van der Waals surface area contributed by atoms with Crippen LogP contribution in [0, 0.1) is 11.3 Å². The van der Waals surface area contributed by atoms with E-state index in [0.29, 0.717) is 13.1 Å². The van der Waals surface area contributed by atoms with Crippen LogP contribution in [0.3, 0.4) is 0 Å². The van der Waals surface area contributed by atoms with Crippen molar-refractivity contribution in [3.8, 4) is 0 Å². The van der Waals surface area contributed by atoms with E-state index < -0.39 is 11.5 Å². The molecule has 1 rings (SSSR count). The van der Waals surface area contributed by atoms with Crippen LogP contribution in [0.15, 0.2) is 16.9 Å². The number of nitrogens with zero attached hydrogens (tertiary/aromatic N) is 2. The predicted octanol–water partition coefficient (Wildman–Crippen LogP) is 1.43. The molecule has 0 saturated heterocycles. The maximum atomic E-state index is 12.2. The van der Waals surface area contributed by atoms with E-state index in [4.69, 9.17) is 0 Å². The van der Waals surface area contributed by atoms with Gasteiger partial charge in [0.25, 0.3) is 11.5 Å². The number of aliphatic hydroxyl groups excluding tert-OH is 1. The van der Waals surface area contributed by atoms with E-state index >= 15 is 0 Å². The zero-order valence-electron chi connectivity index (χ0n) is 14.1. The standard InChI is InChI=1S/C16H27N3O3/c1-6-9-19-13(20)8-7-12(18-19)15(22)17-10-16(4,5)14(21)11(2)3/h7-8,11,14,21H,6,9-10H2,1-5H3,(H,17,22). The van der Waals surface area contributed by atoms with Gasteiger partial charge >= 0.3 is 0 Å². The molecule has 6 heteroatoms. The second kappa shape index (κ2) is 7.54. The third-order valence-corrected chi connectivity index (χ3v) is 3.67. The van der Waals surface area contributed by atoms with E-state index in [1.165, 1.54) is 16.8 Å². The highest BCUT2D eigenvalue weighted by Crippen LogP contribution is 2.25. The van der Waals surface area contributed by atoms with E-state index in [2.05, 4.69) is 10.4 Å². The SMILES string of the molecule is CCCn1nc(C(=O)NCC(C)(C)C(O)C(C)C)ccc1=O. The van der Waals surface area contributed by atoms with Gasteiger partial charge in [-0.2, -0.15) is 5.10 Å². The van der Waals surface area contributed by atoms with E-state index in [9.17, 15) is 14.7 Å². The molecule has 1 aromatic heterocycles. The van der Waals surface area contributed by atoms with Crippen molar-refractivity contribution in [3.05, 3.63) is 28.2 Å². The molecule has 0 aromatic carbocycles. The minimum atomic E-state index is -0.519. The van der Waals surface area contributed by atoms with Crippen LogP contribution in [0.5, 0.6) is 0 Å². The Hall–Kier alpha value is -1.69. The van der Waals surface area contributed by atoms with Crippen LogP contribution in [0.1, 0.15) is 51.5 Å². The number of hydrogen-bond acceptors (Lipinski definition) is 4. The molecule has 1 aromatic rings. The molecule has 0 spiro atoms. The smallest absolute Gasteiger partial charge is 0.271 e. The molecule has 1 unspecified atom stereocenters. The molecule has 0 fully saturated rings. The fraction of sp³-hybridized carbons (Fsp3) is 0.688. The molecule has 124 valence electrons. The summed E-state index contributed by atoms with van der Waals surface area (Å²) >= 11 is 0. The van der Waals surface area contributed by atoms with Gasteiger partial charge in [0.2, 0.25) is 0 Å². The van der Waals surface area contributed by atoms with Gasteiger partial charge in [-0.05, 0) is 18.4 Å². The molecule has 2 N–H and O–H groups in total. The van der Waals surface area contributed by atoms with Crippen molar-refractivity contribution in [2.75, 3.05) is 6.54 Å². The number of amides is 1. The summed E-state index contributed by atoms with van der Waals surface area (Å²) in [6.07, 6.45) is 0.251. The summed E-state index contributed by atoms with van der Waals surface area (Å²) in [6, 6.07) is 2.78. The number of nitrogens with one attached hydrogen (secondary N) is 1. The van der Waals surface area contributed by atoms with Crippen molar-refractivity contribution in [2.45, 2.75) is 53.7 Å². The average molecular weight is 309 g/mol. The molecule has 6 nitrogen and oxygen atoms in total. The van der Waals surface area contributed by atoms with Crippen LogP contribution in [0.2, 0.25) is 0 Å². The highest BCUT2D eigenvalue weighted by molar-refractivity contribution is 5.92. The van der Waals surface area contributed by atoms with E-state index in [1.807, 2.05) is 34.6 Å². The Labute approximate surface area is 131 Å². The molecule has 0 aliphatic heterocycles. The van der Waals surface area contributed by atoms with Gasteiger partial charge < -0.3 is 10.4 Å². The lowest BCUT2D eigenvalue weighted by Crippen LogP contribution is -2.44. The number of aliphatic hydroxyl groups is 1. The number of hydrogen-bond donors (Lipinski definition) is 2. The largest absolute Gasteiger partial charge is 0.392 e. The van der Waals surface area contributed by atoms with Gasteiger partial charge in [-0.15, -0.1) is 0 Å². The van der Waals surface area contributed by atoms with Crippen molar-refractivity contribution in [1.82, 2.24) is 15.1 Å². The van der Waals surface area contributed by atoms with Crippen LogP contribution < -0.4 is 10.9 Å². The van der Waals surface area contributed by atoms with Gasteiger partial charge in [-0.1, -0.05) is 34.6 Å². The lowest BCUT2D eigenvalue weighted by molar-refractivity contribution is 0.0137. The Morgan fingerprint density at radius 3 is 2.59 bits per heavy atom. The third-order valence-electron chi connectivity index (χ3n) is 3.67. The fourth-order valence-electron chi connectivity index (χ4n) is 2.35. The van der Waals surface area contributed by atoms with Gasteiger partial charge in [-0.25, -0.2) is 4.68 Å². The van der Waals surface area contributed by atoms with Gasteiger partial charge in [0.05, 0.1) is 6.10 Å². The molecule has 0 radical (unpaired) electrons. The number of carbonyl (C=O) groups excluding carboxylic acids is 1. The van der Waals surface area contributed by atoms with Crippen LogP contribution >= 0.6 is 0 Å². The molecule has 1 heterocycles. The third kappa shape index (κ3) is 4.66. The summed E-state index contributed by atoms with van der Waals surface area (Å²) in [7, 11) is 0. The van der Waals surface area contributed by atoms with Crippen molar-refractivity contribution in [1.29, 1.82) is 0 Å². The van der Waals surface area contributed by atoms with Gasteiger partial charge in [0.15, 0.2) is 0 Å². The predicted molar refractivity (Wildman–Crippen MR) is 85.7 cm³/mol. The summed E-state index contributed by atoms with van der Waals surface area (Å²) in [5.41, 5.74) is -0.446. The second-order valence-corrected chi connectivity index (χ2v) is 6.64. The topological polar surface area (TPSA) is 84.2 Å². The summed E-state index contributed by atoms with van der Waals surface area (Å²) in [5.74, 6) is -0.231. The zero-order valence-corrected chi connectivity index (χ0v) is 14.1. The Bertz CT molecular complexity index is 564. The first-order chi connectivity index (χ1) is 10.2. The highest BCUT2D eigenvalue weighted by Gasteiger charge is 2.30. The van der Waals surface area contributed by atoms with Gasteiger partial charge in [-0.3, -0.25) is 9.59 Å². The quantitative estimate of drug-likeness (QED) is 0.798. The minimum Gasteiger partial charge on any atom is -0.392 e. The van der Waals surface area contributed by atoms with Crippen molar-refractivity contribution >= 4 is 5.91 Å². The first-order valence-electron chi connectivity index (χ1n) is 7.73. The van der Waals surface area contributed by atoms with Crippen LogP contribution in [0.25, 0.3) is 0 Å². The Balaban J connectivity index is 2.78. The molecule has 0 saturated carbocycles. The number of aromatic nitrogens is 2. The van der Waals surface area contributed by atoms with Crippen LogP contribution in [-0.4, -0.2) is 33.4 Å². The Kier molecular flexibility index (Phi) is 6.29. The first kappa shape index (κ1) is 18.4. The number of aryl methyl sites for hydroxylation is 1. The maximum absolute atomic E-state index is 12.2. The molecular formula is C16H27N3O3. The summed E-state index contributed by atoms with van der Waals surface area (Å²) in [5, 5.41) is 17.0. The zero-order chi connectivity index (χ0) is 16.9. The molecule has 1 amide bonds. The number of carbonyl (C=O) groups is 1. The maximum Gasteiger partial charge on any atom is 0.271 e. The lowest BCUT2D eigenvalue weighted by Gasteiger charge is -2.33. The van der Waals surface area contributed by atoms with Crippen molar-refractivity contribution < 1.29 is 9.90 Å². The second-order valence-electron chi connectivity index (χ2n) is 6.64. The summed E-state index contributed by atoms with van der Waals surface area (Å²) in [4.78, 5) is 23.8. The van der Waals surface area contributed by atoms with E-state index in [0.717, 1.165) is 6.42 Å². The van der Waals surface area contributed by atoms with E-state index in [1.54, 1.807) is 0 Å². The van der Waals surface area contributed by atoms with E-state index in [-0.39, 0.29) is 23.1 Å². The summed E-state index contributed by atoms with van der Waals surface area (Å²) < 4.78 is 1.29.